The molecular weight excluding hydrogens is 481 g/mol. The van der Waals surface area contributed by atoms with Gasteiger partial charge < -0.3 is 20.0 Å². The van der Waals surface area contributed by atoms with Gasteiger partial charge >= 0.3 is 0 Å². The Bertz CT molecular complexity index is 1010. The van der Waals surface area contributed by atoms with E-state index < -0.39 is 0 Å². The van der Waals surface area contributed by atoms with Crippen molar-refractivity contribution >= 4 is 51.2 Å². The van der Waals surface area contributed by atoms with E-state index in [2.05, 4.69) is 33.2 Å². The summed E-state index contributed by atoms with van der Waals surface area (Å²) >= 11 is 2.06. The third kappa shape index (κ3) is 4.63. The van der Waals surface area contributed by atoms with Crippen molar-refractivity contribution in [2.24, 2.45) is 0 Å². The second-order valence-corrected chi connectivity index (χ2v) is 8.62. The average molecular weight is 505 g/mol. The number of nitrogens with one attached hydrogen (secondary N) is 2. The van der Waals surface area contributed by atoms with E-state index in [1.807, 2.05) is 43.3 Å². The summed E-state index contributed by atoms with van der Waals surface area (Å²) in [5.74, 6) is 1.80. The number of halogens is 1. The predicted octanol–water partition coefficient (Wildman–Crippen LogP) is 4.05. The normalized spacial score (nSPS) is 19.1. The minimum atomic E-state index is -0.141. The molecule has 152 valence electrons. The number of benzene rings is 1. The summed E-state index contributed by atoms with van der Waals surface area (Å²) in [4.78, 5) is 23.7. The zero-order valence-electron chi connectivity index (χ0n) is 16.5. The fourth-order valence-corrected chi connectivity index (χ4v) is 4.14. The molecule has 1 fully saturated rings. The number of rotatable bonds is 5. The van der Waals surface area contributed by atoms with Gasteiger partial charge in [-0.25, -0.2) is 4.98 Å². The number of aromatic nitrogens is 2. The number of anilines is 2. The Morgan fingerprint density at radius 2 is 1.79 bits per heavy atom. The van der Waals surface area contributed by atoms with Gasteiger partial charge in [0.1, 0.15) is 5.82 Å². The van der Waals surface area contributed by atoms with Gasteiger partial charge in [0, 0.05) is 31.6 Å². The maximum absolute atomic E-state index is 12.3. The highest BCUT2D eigenvalue weighted by Gasteiger charge is 2.24. The van der Waals surface area contributed by atoms with Gasteiger partial charge in [-0.15, -0.1) is 0 Å². The van der Waals surface area contributed by atoms with Crippen molar-refractivity contribution in [2.45, 2.75) is 37.8 Å². The molecule has 7 nitrogen and oxygen atoms in total. The Hall–Kier alpha value is -2.36. The van der Waals surface area contributed by atoms with E-state index in [1.54, 1.807) is 12.1 Å². The van der Waals surface area contributed by atoms with Gasteiger partial charge in [-0.05, 0) is 72.5 Å². The standard InChI is InChI=1S/C21H24IN5O2/c1-27(2)19-15-5-3-4-6-16(15)25-21(26-19)24-14-9-7-13(8-10-14)23-20(28)17-11-12-18(22)29-17/h3-6,11-14H,7-10H2,1-2H3,(H,23,28)(H,24,25,26)/t13-,14+. The molecule has 1 aliphatic rings. The number of para-hydroxylation sites is 1. The largest absolute Gasteiger partial charge is 0.445 e. The molecule has 3 aromatic rings. The number of nitrogens with zero attached hydrogens (tertiary/aromatic N) is 3. The zero-order chi connectivity index (χ0) is 20.4. The maximum Gasteiger partial charge on any atom is 0.287 e. The third-order valence-corrected chi connectivity index (χ3v) is 5.78. The molecule has 1 aliphatic carbocycles. The lowest BCUT2D eigenvalue weighted by molar-refractivity contribution is 0.0897. The van der Waals surface area contributed by atoms with Crippen LogP contribution in [0.3, 0.4) is 0 Å². The minimum Gasteiger partial charge on any atom is -0.445 e. The molecule has 0 saturated heterocycles. The van der Waals surface area contributed by atoms with Crippen molar-refractivity contribution in [2.75, 3.05) is 24.3 Å². The molecule has 1 aromatic carbocycles. The van der Waals surface area contributed by atoms with Gasteiger partial charge in [0.05, 0.1) is 5.52 Å². The molecule has 8 heteroatoms. The van der Waals surface area contributed by atoms with Crippen LogP contribution in [-0.4, -0.2) is 42.1 Å². The van der Waals surface area contributed by atoms with Crippen LogP contribution in [0.4, 0.5) is 11.8 Å². The Morgan fingerprint density at radius 3 is 2.48 bits per heavy atom. The van der Waals surface area contributed by atoms with Crippen molar-refractivity contribution in [1.29, 1.82) is 0 Å². The van der Waals surface area contributed by atoms with E-state index in [0.717, 1.165) is 42.4 Å². The Labute approximate surface area is 183 Å². The van der Waals surface area contributed by atoms with E-state index >= 15 is 0 Å². The molecule has 1 amide bonds. The number of amides is 1. The molecule has 0 spiro atoms. The highest BCUT2D eigenvalue weighted by atomic mass is 127. The molecule has 2 aromatic heterocycles. The number of carbonyl (C=O) groups is 1. The highest BCUT2D eigenvalue weighted by molar-refractivity contribution is 14.1. The molecule has 0 unspecified atom stereocenters. The van der Waals surface area contributed by atoms with Crippen LogP contribution in [0.25, 0.3) is 10.9 Å². The van der Waals surface area contributed by atoms with E-state index in [-0.39, 0.29) is 11.9 Å². The first kappa shape index (κ1) is 19.9. The van der Waals surface area contributed by atoms with Crippen molar-refractivity contribution < 1.29 is 9.21 Å². The highest BCUT2D eigenvalue weighted by Crippen LogP contribution is 2.26. The lowest BCUT2D eigenvalue weighted by atomic mass is 9.91. The molecule has 2 N–H and O–H groups in total. The van der Waals surface area contributed by atoms with Gasteiger partial charge in [-0.1, -0.05) is 12.1 Å². The topological polar surface area (TPSA) is 83.3 Å². The van der Waals surface area contributed by atoms with Crippen LogP contribution in [0.2, 0.25) is 0 Å². The molecule has 2 heterocycles. The Balaban J connectivity index is 1.38. The fraction of sp³-hybridized carbons (Fsp3) is 0.381. The minimum absolute atomic E-state index is 0.141. The van der Waals surface area contributed by atoms with Crippen molar-refractivity contribution in [3.63, 3.8) is 0 Å². The lowest BCUT2D eigenvalue weighted by Gasteiger charge is -2.29. The summed E-state index contributed by atoms with van der Waals surface area (Å²) in [6, 6.07) is 12.0. The second-order valence-electron chi connectivity index (χ2n) is 7.55. The third-order valence-electron chi connectivity index (χ3n) is 5.20. The molecule has 0 aliphatic heterocycles. The van der Waals surface area contributed by atoms with Crippen LogP contribution >= 0.6 is 22.6 Å². The summed E-state index contributed by atoms with van der Waals surface area (Å²) in [6.45, 7) is 0. The number of hydrogen-bond donors (Lipinski definition) is 2. The summed E-state index contributed by atoms with van der Waals surface area (Å²) in [5, 5.41) is 7.62. The average Bonchev–Trinajstić information content (AvgIpc) is 3.15. The first-order valence-corrected chi connectivity index (χ1v) is 10.8. The van der Waals surface area contributed by atoms with Crippen molar-refractivity contribution in [3.05, 3.63) is 45.9 Å². The monoisotopic (exact) mass is 505 g/mol. The molecule has 0 radical (unpaired) electrons. The van der Waals surface area contributed by atoms with E-state index in [4.69, 9.17) is 14.4 Å². The number of carbonyl (C=O) groups excluding carboxylic acids is 1. The van der Waals surface area contributed by atoms with Crippen LogP contribution in [-0.2, 0) is 0 Å². The first-order chi connectivity index (χ1) is 14.0. The van der Waals surface area contributed by atoms with Crippen LogP contribution in [0.15, 0.2) is 40.8 Å². The lowest BCUT2D eigenvalue weighted by Crippen LogP contribution is -2.40. The van der Waals surface area contributed by atoms with E-state index in [9.17, 15) is 4.79 Å². The first-order valence-electron chi connectivity index (χ1n) is 9.76. The number of fused-ring (bicyclic) bond motifs is 1. The molecule has 1 saturated carbocycles. The molecule has 29 heavy (non-hydrogen) atoms. The summed E-state index contributed by atoms with van der Waals surface area (Å²) in [5.41, 5.74) is 0.933. The van der Waals surface area contributed by atoms with E-state index in [0.29, 0.717) is 21.5 Å². The molecule has 4 rings (SSSR count). The van der Waals surface area contributed by atoms with Gasteiger partial charge in [0.2, 0.25) is 5.95 Å². The zero-order valence-corrected chi connectivity index (χ0v) is 18.6. The number of hydrogen-bond acceptors (Lipinski definition) is 6. The quantitative estimate of drug-likeness (QED) is 0.510. The van der Waals surface area contributed by atoms with Gasteiger partial charge in [0.15, 0.2) is 9.53 Å². The van der Waals surface area contributed by atoms with Crippen molar-refractivity contribution in [1.82, 2.24) is 15.3 Å². The molecule has 0 atom stereocenters. The summed E-state index contributed by atoms with van der Waals surface area (Å²) < 4.78 is 6.11. The summed E-state index contributed by atoms with van der Waals surface area (Å²) in [6.07, 6.45) is 3.73. The molecule has 0 bridgehead atoms. The SMILES string of the molecule is CN(C)c1nc(N[C@H]2CC[C@@H](NC(=O)c3ccc(I)o3)CC2)nc2ccccc12. The number of furan rings is 1. The van der Waals surface area contributed by atoms with Gasteiger partial charge in [0.25, 0.3) is 5.91 Å². The summed E-state index contributed by atoms with van der Waals surface area (Å²) in [7, 11) is 3.99. The van der Waals surface area contributed by atoms with Crippen LogP contribution in [0.5, 0.6) is 0 Å². The smallest absolute Gasteiger partial charge is 0.287 e. The van der Waals surface area contributed by atoms with Crippen molar-refractivity contribution in [3.8, 4) is 0 Å². The van der Waals surface area contributed by atoms with Gasteiger partial charge in [-0.3, -0.25) is 4.79 Å². The van der Waals surface area contributed by atoms with Gasteiger partial charge in [-0.2, -0.15) is 4.98 Å². The van der Waals surface area contributed by atoms with Crippen LogP contribution < -0.4 is 15.5 Å². The van der Waals surface area contributed by atoms with E-state index in [1.165, 1.54) is 0 Å². The Kier molecular flexibility index (Phi) is 5.89. The molecular formula is C21H24IN5O2. The fourth-order valence-electron chi connectivity index (χ4n) is 3.72. The van der Waals surface area contributed by atoms with Crippen LogP contribution in [0, 0.1) is 3.77 Å². The maximum atomic E-state index is 12.3. The Morgan fingerprint density at radius 1 is 1.07 bits per heavy atom. The second kappa shape index (κ2) is 8.56. The predicted molar refractivity (Wildman–Crippen MR) is 122 cm³/mol. The van der Waals surface area contributed by atoms with Crippen LogP contribution in [0.1, 0.15) is 36.2 Å².